The van der Waals surface area contributed by atoms with Crippen LogP contribution in [0.3, 0.4) is 0 Å². The molecule has 0 atom stereocenters. The van der Waals surface area contributed by atoms with E-state index in [-0.39, 0.29) is 11.7 Å². The Bertz CT molecular complexity index is 880. The number of aromatic nitrogens is 2. The number of nitrogens with zero attached hydrogens (tertiary/aromatic N) is 4. The van der Waals surface area contributed by atoms with Crippen LogP contribution in [0.15, 0.2) is 48.7 Å². The Hall–Kier alpha value is -2.83. The Kier molecular flexibility index (Phi) is 4.37. The quantitative estimate of drug-likeness (QED) is 0.760. The number of rotatable bonds is 5. The van der Waals surface area contributed by atoms with E-state index in [1.165, 1.54) is 6.07 Å². The molecule has 27 heavy (non-hydrogen) atoms. The van der Waals surface area contributed by atoms with Crippen molar-refractivity contribution in [2.75, 3.05) is 19.8 Å². The monoisotopic (exact) mass is 370 g/mol. The topological polar surface area (TPSA) is 49.3 Å². The molecule has 5 nitrogen and oxygen atoms in total. The van der Waals surface area contributed by atoms with E-state index < -0.39 is 12.2 Å². The highest BCUT2D eigenvalue weighted by Crippen LogP contribution is 2.43. The van der Waals surface area contributed by atoms with Gasteiger partial charge in [0.05, 0.1) is 29.2 Å². The molecule has 1 aromatic heterocycles. The van der Waals surface area contributed by atoms with E-state index in [0.717, 1.165) is 0 Å². The first kappa shape index (κ1) is 17.6. The van der Waals surface area contributed by atoms with Crippen molar-refractivity contribution < 1.29 is 13.6 Å². The van der Waals surface area contributed by atoms with Gasteiger partial charge in [0.25, 0.3) is 5.91 Å². The lowest BCUT2D eigenvalue weighted by Gasteiger charge is -2.40. The van der Waals surface area contributed by atoms with Crippen molar-refractivity contribution in [1.82, 2.24) is 20.0 Å². The van der Waals surface area contributed by atoms with E-state index in [1.807, 2.05) is 4.90 Å². The molecule has 4 rings (SSSR count). The molecular formula is C20H20F2N4O. The van der Waals surface area contributed by atoms with Crippen LogP contribution in [0.4, 0.5) is 8.78 Å². The molecule has 2 aromatic rings. The largest absolute Gasteiger partial charge is 0.360 e. The number of piperazine rings is 1. The normalized spacial score (nSPS) is 18.7. The molecule has 1 aromatic carbocycles. The summed E-state index contributed by atoms with van der Waals surface area (Å²) in [5.74, 6) is -0.566. The highest BCUT2D eigenvalue weighted by Gasteiger charge is 2.52. The summed E-state index contributed by atoms with van der Waals surface area (Å²) in [6, 6.07) is 9.87. The van der Waals surface area contributed by atoms with E-state index in [2.05, 4.69) is 16.8 Å². The summed E-state index contributed by atoms with van der Waals surface area (Å²) in [6.45, 7) is 4.81. The Labute approximate surface area is 156 Å². The Morgan fingerprint density at radius 1 is 1.11 bits per heavy atom. The molecule has 1 saturated carbocycles. The van der Waals surface area contributed by atoms with E-state index in [1.54, 1.807) is 35.2 Å². The molecule has 0 radical (unpaired) electrons. The minimum Gasteiger partial charge on any atom is -0.360 e. The van der Waals surface area contributed by atoms with Crippen LogP contribution in [0, 0.1) is 5.82 Å². The molecular weight excluding hydrogens is 350 g/mol. The van der Waals surface area contributed by atoms with Gasteiger partial charge in [-0.2, -0.15) is 10.2 Å². The second-order valence-corrected chi connectivity index (χ2v) is 7.07. The molecule has 1 aliphatic heterocycles. The summed E-state index contributed by atoms with van der Waals surface area (Å²) in [5.41, 5.74) is 1.25. The van der Waals surface area contributed by atoms with Gasteiger partial charge in [-0.25, -0.2) is 8.78 Å². The molecule has 1 aliphatic carbocycles. The summed E-state index contributed by atoms with van der Waals surface area (Å²) in [4.78, 5) is 16.0. The van der Waals surface area contributed by atoms with Gasteiger partial charge in [-0.1, -0.05) is 18.7 Å². The summed E-state index contributed by atoms with van der Waals surface area (Å²) in [5, 5.41) is 8.27. The van der Waals surface area contributed by atoms with E-state index >= 15 is 0 Å². The van der Waals surface area contributed by atoms with Crippen molar-refractivity contribution in [3.63, 3.8) is 0 Å². The maximum atomic E-state index is 13.9. The standard InChI is InChI=1S/C20H20F2N4O/c1-14-19(27)26(20(13-21)8-9-20)11-10-25(14)12-15-6-7-18(24-23-15)16-4-2-3-5-17(16)22/h2-7H,1,8-13H2. The van der Waals surface area contributed by atoms with Crippen molar-refractivity contribution in [2.45, 2.75) is 24.9 Å². The van der Waals surface area contributed by atoms with Crippen LogP contribution in [-0.2, 0) is 11.3 Å². The minimum absolute atomic E-state index is 0.215. The number of carbonyl (C=O) groups is 1. The zero-order valence-electron chi connectivity index (χ0n) is 14.9. The van der Waals surface area contributed by atoms with Crippen LogP contribution in [-0.4, -0.2) is 51.2 Å². The molecule has 0 spiro atoms. The third-order valence-corrected chi connectivity index (χ3v) is 5.34. The summed E-state index contributed by atoms with van der Waals surface area (Å²) >= 11 is 0. The fraction of sp³-hybridized carbons (Fsp3) is 0.350. The summed E-state index contributed by atoms with van der Waals surface area (Å²) < 4.78 is 27.1. The first-order valence-corrected chi connectivity index (χ1v) is 8.93. The smallest absolute Gasteiger partial charge is 0.270 e. The van der Waals surface area contributed by atoms with Gasteiger partial charge in [0, 0.05) is 18.7 Å². The fourth-order valence-electron chi connectivity index (χ4n) is 3.45. The third-order valence-electron chi connectivity index (χ3n) is 5.34. The van der Waals surface area contributed by atoms with Gasteiger partial charge in [0.15, 0.2) is 0 Å². The minimum atomic E-state index is -0.604. The van der Waals surface area contributed by atoms with Gasteiger partial charge in [0.2, 0.25) is 0 Å². The Morgan fingerprint density at radius 3 is 2.52 bits per heavy atom. The maximum Gasteiger partial charge on any atom is 0.270 e. The number of hydrogen-bond donors (Lipinski definition) is 0. The van der Waals surface area contributed by atoms with Crippen LogP contribution >= 0.6 is 0 Å². The molecule has 1 saturated heterocycles. The van der Waals surface area contributed by atoms with E-state index in [0.29, 0.717) is 55.1 Å². The lowest BCUT2D eigenvalue weighted by molar-refractivity contribution is -0.135. The molecule has 1 amide bonds. The number of carbonyl (C=O) groups excluding carboxylic acids is 1. The number of alkyl halides is 1. The molecule has 0 unspecified atom stereocenters. The lowest BCUT2D eigenvalue weighted by atomic mass is 10.1. The zero-order valence-corrected chi connectivity index (χ0v) is 14.9. The molecule has 0 bridgehead atoms. The highest BCUT2D eigenvalue weighted by atomic mass is 19.1. The first-order valence-electron chi connectivity index (χ1n) is 8.93. The zero-order chi connectivity index (χ0) is 19.0. The average molecular weight is 370 g/mol. The summed E-state index contributed by atoms with van der Waals surface area (Å²) in [7, 11) is 0. The van der Waals surface area contributed by atoms with Crippen molar-refractivity contribution >= 4 is 5.91 Å². The van der Waals surface area contributed by atoms with Gasteiger partial charge in [0.1, 0.15) is 12.5 Å². The van der Waals surface area contributed by atoms with Crippen molar-refractivity contribution in [3.8, 4) is 11.3 Å². The molecule has 140 valence electrons. The molecule has 2 aliphatic rings. The molecule has 2 heterocycles. The van der Waals surface area contributed by atoms with Crippen LogP contribution in [0.5, 0.6) is 0 Å². The van der Waals surface area contributed by atoms with Crippen LogP contribution in [0.2, 0.25) is 0 Å². The van der Waals surface area contributed by atoms with Crippen LogP contribution in [0.1, 0.15) is 18.5 Å². The van der Waals surface area contributed by atoms with Crippen LogP contribution in [0.25, 0.3) is 11.3 Å². The first-order chi connectivity index (χ1) is 13.0. The van der Waals surface area contributed by atoms with Gasteiger partial charge in [-0.05, 0) is 37.1 Å². The van der Waals surface area contributed by atoms with E-state index in [4.69, 9.17) is 0 Å². The second kappa shape index (κ2) is 6.72. The van der Waals surface area contributed by atoms with Crippen molar-refractivity contribution in [1.29, 1.82) is 0 Å². The van der Waals surface area contributed by atoms with Gasteiger partial charge in [-0.15, -0.1) is 0 Å². The number of amides is 1. The average Bonchev–Trinajstić information content (AvgIpc) is 3.48. The fourth-order valence-corrected chi connectivity index (χ4v) is 3.45. The van der Waals surface area contributed by atoms with Crippen LogP contribution < -0.4 is 0 Å². The Balaban J connectivity index is 1.45. The molecule has 0 N–H and O–H groups in total. The lowest BCUT2D eigenvalue weighted by Crippen LogP contribution is -2.54. The number of hydrogen-bond acceptors (Lipinski definition) is 4. The van der Waals surface area contributed by atoms with Gasteiger partial charge >= 0.3 is 0 Å². The summed E-state index contributed by atoms with van der Waals surface area (Å²) in [6.07, 6.45) is 1.43. The maximum absolute atomic E-state index is 13.9. The van der Waals surface area contributed by atoms with Crippen molar-refractivity contribution in [3.05, 3.63) is 60.2 Å². The highest BCUT2D eigenvalue weighted by molar-refractivity contribution is 5.93. The molecule has 2 fully saturated rings. The van der Waals surface area contributed by atoms with E-state index in [9.17, 15) is 13.6 Å². The third kappa shape index (κ3) is 3.18. The predicted octanol–water partition coefficient (Wildman–Crippen LogP) is 2.94. The van der Waals surface area contributed by atoms with Gasteiger partial charge < -0.3 is 9.80 Å². The number of halogens is 2. The second-order valence-electron chi connectivity index (χ2n) is 7.07. The van der Waals surface area contributed by atoms with Crippen molar-refractivity contribution in [2.24, 2.45) is 0 Å². The Morgan fingerprint density at radius 2 is 1.89 bits per heavy atom. The molecule has 7 heteroatoms. The SMILES string of the molecule is C=C1C(=O)N(C2(CF)CC2)CCN1Cc1ccc(-c2ccccc2F)nn1. The number of benzene rings is 1. The predicted molar refractivity (Wildman–Crippen MR) is 96.6 cm³/mol. The van der Waals surface area contributed by atoms with Gasteiger partial charge in [-0.3, -0.25) is 4.79 Å².